The van der Waals surface area contributed by atoms with E-state index in [2.05, 4.69) is 0 Å². The van der Waals surface area contributed by atoms with Crippen molar-refractivity contribution in [3.63, 3.8) is 0 Å². The molecule has 2 rings (SSSR count). The Morgan fingerprint density at radius 3 is 2.83 bits per heavy atom. The summed E-state index contributed by atoms with van der Waals surface area (Å²) in [5, 5.41) is 0. The van der Waals surface area contributed by atoms with Crippen molar-refractivity contribution in [2.45, 2.75) is 11.8 Å². The Morgan fingerprint density at radius 1 is 1.33 bits per heavy atom. The third-order valence-corrected chi connectivity index (χ3v) is 4.46. The summed E-state index contributed by atoms with van der Waals surface area (Å²) >= 11 is 3.09. The molecule has 0 N–H and O–H groups in total. The largest absolute Gasteiger partial charge is 0.497 e. The van der Waals surface area contributed by atoms with Crippen LogP contribution < -0.4 is 4.74 Å². The van der Waals surface area contributed by atoms with Gasteiger partial charge in [-0.25, -0.2) is 0 Å². The maximum absolute atomic E-state index is 11.9. The van der Waals surface area contributed by atoms with Crippen molar-refractivity contribution >= 4 is 28.9 Å². The standard InChI is InChI=1S/C14H14O2S2/c1-10-6-7-14(18-10)13(15)9-17-12-5-3-4-11(8-12)16-2/h3-8H,9H2,1-2H3. The fourth-order valence-corrected chi connectivity index (χ4v) is 3.22. The molecule has 1 aromatic carbocycles. The third-order valence-electron chi connectivity index (χ3n) is 2.43. The van der Waals surface area contributed by atoms with Gasteiger partial charge in [0.15, 0.2) is 5.78 Å². The molecule has 0 saturated carbocycles. The number of rotatable bonds is 5. The molecule has 18 heavy (non-hydrogen) atoms. The Balaban J connectivity index is 1.97. The van der Waals surface area contributed by atoms with Gasteiger partial charge in [-0.3, -0.25) is 4.79 Å². The van der Waals surface area contributed by atoms with Crippen molar-refractivity contribution < 1.29 is 9.53 Å². The van der Waals surface area contributed by atoms with E-state index in [1.54, 1.807) is 18.4 Å². The average molecular weight is 278 g/mol. The topological polar surface area (TPSA) is 26.3 Å². The van der Waals surface area contributed by atoms with Gasteiger partial charge in [0.25, 0.3) is 0 Å². The first-order chi connectivity index (χ1) is 8.69. The van der Waals surface area contributed by atoms with Crippen LogP contribution in [-0.2, 0) is 0 Å². The van der Waals surface area contributed by atoms with E-state index in [1.165, 1.54) is 16.6 Å². The van der Waals surface area contributed by atoms with Gasteiger partial charge < -0.3 is 4.74 Å². The lowest BCUT2D eigenvalue weighted by atomic mass is 10.3. The van der Waals surface area contributed by atoms with Crippen LogP contribution in [0.2, 0.25) is 0 Å². The summed E-state index contributed by atoms with van der Waals surface area (Å²) < 4.78 is 5.15. The highest BCUT2D eigenvalue weighted by atomic mass is 32.2. The van der Waals surface area contributed by atoms with E-state index in [-0.39, 0.29) is 5.78 Å². The first-order valence-corrected chi connectivity index (χ1v) is 7.36. The normalized spacial score (nSPS) is 10.3. The lowest BCUT2D eigenvalue weighted by Gasteiger charge is -2.03. The Hall–Kier alpha value is -1.26. The monoisotopic (exact) mass is 278 g/mol. The van der Waals surface area contributed by atoms with Crippen LogP contribution in [0.4, 0.5) is 0 Å². The van der Waals surface area contributed by atoms with Gasteiger partial charge in [-0.2, -0.15) is 0 Å². The number of thioether (sulfide) groups is 1. The van der Waals surface area contributed by atoms with Crippen molar-refractivity contribution in [1.29, 1.82) is 0 Å². The molecular weight excluding hydrogens is 264 g/mol. The van der Waals surface area contributed by atoms with Crippen LogP contribution in [0.15, 0.2) is 41.3 Å². The number of benzene rings is 1. The molecule has 0 unspecified atom stereocenters. The van der Waals surface area contributed by atoms with Crippen LogP contribution in [0.25, 0.3) is 0 Å². The smallest absolute Gasteiger partial charge is 0.182 e. The van der Waals surface area contributed by atoms with E-state index in [4.69, 9.17) is 4.74 Å². The van der Waals surface area contributed by atoms with E-state index in [0.717, 1.165) is 15.5 Å². The highest BCUT2D eigenvalue weighted by molar-refractivity contribution is 8.00. The number of Topliss-reactive ketones (excluding diaryl/α,β-unsaturated/α-hetero) is 1. The van der Waals surface area contributed by atoms with Crippen LogP contribution >= 0.6 is 23.1 Å². The molecule has 0 radical (unpaired) electrons. The molecule has 0 aliphatic carbocycles. The van der Waals surface area contributed by atoms with Crippen LogP contribution in [0.3, 0.4) is 0 Å². The molecule has 0 saturated heterocycles. The number of carbonyl (C=O) groups is 1. The molecule has 4 heteroatoms. The molecule has 0 aliphatic heterocycles. The van der Waals surface area contributed by atoms with Gasteiger partial charge >= 0.3 is 0 Å². The van der Waals surface area contributed by atoms with Crippen LogP contribution in [-0.4, -0.2) is 18.6 Å². The molecule has 2 nitrogen and oxygen atoms in total. The number of ketones is 1. The molecule has 0 bridgehead atoms. The Bertz CT molecular complexity index is 546. The Morgan fingerprint density at radius 2 is 2.17 bits per heavy atom. The van der Waals surface area contributed by atoms with E-state index >= 15 is 0 Å². The second kappa shape index (κ2) is 6.07. The molecule has 0 fully saturated rings. The average Bonchev–Trinajstić information content (AvgIpc) is 2.83. The summed E-state index contributed by atoms with van der Waals surface area (Å²) in [6.45, 7) is 2.01. The van der Waals surface area contributed by atoms with E-state index < -0.39 is 0 Å². The van der Waals surface area contributed by atoms with Crippen molar-refractivity contribution in [3.05, 3.63) is 46.2 Å². The van der Waals surface area contributed by atoms with Gasteiger partial charge in [0, 0.05) is 9.77 Å². The second-order valence-electron chi connectivity index (χ2n) is 3.80. The number of methoxy groups -OCH3 is 1. The van der Waals surface area contributed by atoms with Crippen LogP contribution in [0, 0.1) is 6.92 Å². The van der Waals surface area contributed by atoms with Crippen LogP contribution in [0.1, 0.15) is 14.5 Å². The lowest BCUT2D eigenvalue weighted by molar-refractivity contribution is 0.102. The van der Waals surface area contributed by atoms with Crippen molar-refractivity contribution in [2.75, 3.05) is 12.9 Å². The number of aryl methyl sites for hydroxylation is 1. The quantitative estimate of drug-likeness (QED) is 0.610. The van der Waals surface area contributed by atoms with Crippen molar-refractivity contribution in [2.24, 2.45) is 0 Å². The fraction of sp³-hybridized carbons (Fsp3) is 0.214. The van der Waals surface area contributed by atoms with Crippen molar-refractivity contribution in [1.82, 2.24) is 0 Å². The predicted molar refractivity (Wildman–Crippen MR) is 77.1 cm³/mol. The minimum Gasteiger partial charge on any atom is -0.497 e. The van der Waals surface area contributed by atoms with E-state index in [9.17, 15) is 4.79 Å². The van der Waals surface area contributed by atoms with Crippen molar-refractivity contribution in [3.8, 4) is 5.75 Å². The van der Waals surface area contributed by atoms with Gasteiger partial charge in [-0.1, -0.05) is 6.07 Å². The second-order valence-corrected chi connectivity index (χ2v) is 6.14. The molecule has 1 aromatic heterocycles. The molecule has 1 heterocycles. The number of carbonyl (C=O) groups excluding carboxylic acids is 1. The molecule has 94 valence electrons. The highest BCUT2D eigenvalue weighted by Crippen LogP contribution is 2.25. The molecule has 0 atom stereocenters. The van der Waals surface area contributed by atoms with E-state index in [1.807, 2.05) is 43.3 Å². The number of ether oxygens (including phenoxy) is 1. The van der Waals surface area contributed by atoms with Gasteiger partial charge in [0.1, 0.15) is 5.75 Å². The molecular formula is C14H14O2S2. The van der Waals surface area contributed by atoms with Crippen LogP contribution in [0.5, 0.6) is 5.75 Å². The molecule has 0 aliphatic rings. The van der Waals surface area contributed by atoms with Gasteiger partial charge in [-0.15, -0.1) is 23.1 Å². The maximum Gasteiger partial charge on any atom is 0.182 e. The summed E-state index contributed by atoms with van der Waals surface area (Å²) in [6.07, 6.45) is 0. The molecule has 0 amide bonds. The zero-order valence-corrected chi connectivity index (χ0v) is 11.9. The first-order valence-electron chi connectivity index (χ1n) is 5.55. The lowest BCUT2D eigenvalue weighted by Crippen LogP contribution is -1.99. The Labute approximate surface area is 115 Å². The number of thiophene rings is 1. The minimum absolute atomic E-state index is 0.181. The third kappa shape index (κ3) is 3.37. The summed E-state index contributed by atoms with van der Waals surface area (Å²) in [5.74, 6) is 1.47. The summed E-state index contributed by atoms with van der Waals surface area (Å²) in [4.78, 5) is 15.0. The summed E-state index contributed by atoms with van der Waals surface area (Å²) in [6, 6.07) is 11.6. The molecule has 2 aromatic rings. The highest BCUT2D eigenvalue weighted by Gasteiger charge is 2.09. The summed E-state index contributed by atoms with van der Waals surface area (Å²) in [5.41, 5.74) is 0. The van der Waals surface area contributed by atoms with Gasteiger partial charge in [0.05, 0.1) is 17.7 Å². The molecule has 0 spiro atoms. The minimum atomic E-state index is 0.181. The predicted octanol–water partition coefficient (Wildman–Crippen LogP) is 4.04. The maximum atomic E-state index is 11.9. The van der Waals surface area contributed by atoms with Gasteiger partial charge in [-0.05, 0) is 37.3 Å². The first kappa shape index (κ1) is 13.2. The zero-order valence-electron chi connectivity index (χ0n) is 10.3. The Kier molecular flexibility index (Phi) is 4.44. The summed E-state index contributed by atoms with van der Waals surface area (Å²) in [7, 11) is 1.64. The van der Waals surface area contributed by atoms with Gasteiger partial charge in [0.2, 0.25) is 0 Å². The zero-order chi connectivity index (χ0) is 13.0. The fourth-order valence-electron chi connectivity index (χ4n) is 1.50. The SMILES string of the molecule is COc1cccc(SCC(=O)c2ccc(C)s2)c1. The van der Waals surface area contributed by atoms with E-state index in [0.29, 0.717) is 5.75 Å². The number of hydrogen-bond acceptors (Lipinski definition) is 4. The number of hydrogen-bond donors (Lipinski definition) is 0.